The molecule has 0 radical (unpaired) electrons. The predicted octanol–water partition coefficient (Wildman–Crippen LogP) is 1.47. The van der Waals surface area contributed by atoms with Crippen LogP contribution in [0.1, 0.15) is 32.6 Å². The number of nitrogens with zero attached hydrogens (tertiary/aromatic N) is 1. The summed E-state index contributed by atoms with van der Waals surface area (Å²) in [6, 6.07) is 0.859. The Morgan fingerprint density at radius 1 is 1.15 bits per heavy atom. The third-order valence-electron chi connectivity index (χ3n) is 3.48. The summed E-state index contributed by atoms with van der Waals surface area (Å²) in [5, 5.41) is 3.46. The normalized spacial score (nSPS) is 29.3. The Balaban J connectivity index is 1.80. The summed E-state index contributed by atoms with van der Waals surface area (Å²) in [5.41, 5.74) is 0. The van der Waals surface area contributed by atoms with Gasteiger partial charge in [-0.15, -0.1) is 0 Å². The zero-order valence-corrected chi connectivity index (χ0v) is 8.76. The van der Waals surface area contributed by atoms with Gasteiger partial charge in [-0.3, -0.25) is 0 Å². The van der Waals surface area contributed by atoms with Gasteiger partial charge in [0.2, 0.25) is 0 Å². The Bertz CT molecular complexity index is 146. The molecule has 2 heteroatoms. The molecule has 1 saturated heterocycles. The van der Waals surface area contributed by atoms with Crippen LogP contribution >= 0.6 is 0 Å². The van der Waals surface area contributed by atoms with E-state index >= 15 is 0 Å². The molecule has 0 amide bonds. The summed E-state index contributed by atoms with van der Waals surface area (Å²) in [7, 11) is 0. The molecule has 1 unspecified atom stereocenters. The second-order valence-electron chi connectivity index (χ2n) is 4.57. The molecule has 0 bridgehead atoms. The van der Waals surface area contributed by atoms with Gasteiger partial charge < -0.3 is 10.2 Å². The fourth-order valence-corrected chi connectivity index (χ4v) is 2.34. The lowest BCUT2D eigenvalue weighted by Gasteiger charge is -2.30. The molecule has 2 aliphatic rings. The van der Waals surface area contributed by atoms with E-state index in [1.807, 2.05) is 0 Å². The van der Waals surface area contributed by atoms with Crippen molar-refractivity contribution in [3.05, 3.63) is 0 Å². The van der Waals surface area contributed by atoms with E-state index in [0.717, 1.165) is 12.0 Å². The van der Waals surface area contributed by atoms with Crippen LogP contribution in [0, 0.1) is 5.92 Å². The van der Waals surface area contributed by atoms with Crippen molar-refractivity contribution in [3.63, 3.8) is 0 Å². The highest BCUT2D eigenvalue weighted by atomic mass is 15.2. The number of nitrogens with one attached hydrogen (secondary N) is 1. The van der Waals surface area contributed by atoms with Crippen LogP contribution in [0.3, 0.4) is 0 Å². The van der Waals surface area contributed by atoms with Crippen molar-refractivity contribution in [2.45, 2.75) is 38.6 Å². The summed E-state index contributed by atoms with van der Waals surface area (Å²) in [6.45, 7) is 7.48. The van der Waals surface area contributed by atoms with Gasteiger partial charge in [0.15, 0.2) is 0 Å². The van der Waals surface area contributed by atoms with Crippen molar-refractivity contribution < 1.29 is 0 Å². The van der Waals surface area contributed by atoms with Gasteiger partial charge in [0.1, 0.15) is 0 Å². The first-order chi connectivity index (χ1) is 6.38. The summed E-state index contributed by atoms with van der Waals surface area (Å²) < 4.78 is 0. The first-order valence-electron chi connectivity index (χ1n) is 5.82. The van der Waals surface area contributed by atoms with Crippen molar-refractivity contribution in [2.75, 3.05) is 26.2 Å². The third kappa shape index (κ3) is 2.68. The average Bonchev–Trinajstić information content (AvgIpc) is 2.84. The van der Waals surface area contributed by atoms with E-state index in [2.05, 4.69) is 17.1 Å². The molecule has 1 aliphatic heterocycles. The van der Waals surface area contributed by atoms with Gasteiger partial charge in [-0.2, -0.15) is 0 Å². The maximum absolute atomic E-state index is 3.46. The summed E-state index contributed by atoms with van der Waals surface area (Å²) >= 11 is 0. The molecule has 13 heavy (non-hydrogen) atoms. The minimum atomic E-state index is 0.859. The van der Waals surface area contributed by atoms with Crippen molar-refractivity contribution in [3.8, 4) is 0 Å². The van der Waals surface area contributed by atoms with Gasteiger partial charge in [-0.1, -0.05) is 0 Å². The molecule has 2 rings (SSSR count). The largest absolute Gasteiger partial charge is 0.317 e. The highest BCUT2D eigenvalue weighted by Crippen LogP contribution is 2.35. The lowest BCUT2D eigenvalue weighted by atomic mass is 10.1. The van der Waals surface area contributed by atoms with Gasteiger partial charge in [-0.25, -0.2) is 0 Å². The molecule has 0 spiro atoms. The maximum atomic E-state index is 3.46. The van der Waals surface area contributed by atoms with Crippen LogP contribution in [0.5, 0.6) is 0 Å². The number of hydrogen-bond donors (Lipinski definition) is 1. The van der Waals surface area contributed by atoms with Gasteiger partial charge >= 0.3 is 0 Å². The van der Waals surface area contributed by atoms with Crippen LogP contribution in [-0.4, -0.2) is 37.1 Å². The van der Waals surface area contributed by atoms with E-state index in [9.17, 15) is 0 Å². The Kier molecular flexibility index (Phi) is 3.23. The van der Waals surface area contributed by atoms with Crippen molar-refractivity contribution in [1.82, 2.24) is 10.2 Å². The molecule has 2 nitrogen and oxygen atoms in total. The molecule has 0 aromatic heterocycles. The van der Waals surface area contributed by atoms with Crippen LogP contribution in [0.25, 0.3) is 0 Å². The van der Waals surface area contributed by atoms with E-state index in [1.54, 1.807) is 0 Å². The molecule has 2 fully saturated rings. The molecule has 1 saturated carbocycles. The standard InChI is InChI=1S/C11H22N2/c1-10(11-4-5-11)13-8-2-6-12-7-3-9-13/h10-12H,2-9H2,1H3. The summed E-state index contributed by atoms with van der Waals surface area (Å²) in [6.07, 6.45) is 5.62. The Morgan fingerprint density at radius 3 is 2.31 bits per heavy atom. The van der Waals surface area contributed by atoms with E-state index in [4.69, 9.17) is 0 Å². The fourth-order valence-electron chi connectivity index (χ4n) is 2.34. The summed E-state index contributed by atoms with van der Waals surface area (Å²) in [5.74, 6) is 1.03. The molecule has 1 atom stereocenters. The van der Waals surface area contributed by atoms with E-state index in [0.29, 0.717) is 0 Å². The average molecular weight is 182 g/mol. The molecular formula is C11H22N2. The lowest BCUT2D eigenvalue weighted by molar-refractivity contribution is 0.177. The smallest absolute Gasteiger partial charge is 0.00952 e. The molecule has 0 aromatic carbocycles. The molecule has 1 aliphatic carbocycles. The van der Waals surface area contributed by atoms with E-state index in [1.165, 1.54) is 51.9 Å². The zero-order chi connectivity index (χ0) is 9.10. The predicted molar refractivity (Wildman–Crippen MR) is 55.9 cm³/mol. The van der Waals surface area contributed by atoms with Crippen LogP contribution in [-0.2, 0) is 0 Å². The Labute approximate surface area is 81.7 Å². The molecule has 76 valence electrons. The minimum Gasteiger partial charge on any atom is -0.317 e. The first-order valence-corrected chi connectivity index (χ1v) is 5.82. The molecule has 0 aromatic rings. The maximum Gasteiger partial charge on any atom is 0.00952 e. The Hall–Kier alpha value is -0.0800. The monoisotopic (exact) mass is 182 g/mol. The minimum absolute atomic E-state index is 0.859. The van der Waals surface area contributed by atoms with Crippen LogP contribution in [0.15, 0.2) is 0 Å². The second-order valence-corrected chi connectivity index (χ2v) is 4.57. The fraction of sp³-hybridized carbons (Fsp3) is 1.00. The highest BCUT2D eigenvalue weighted by Gasteiger charge is 2.31. The van der Waals surface area contributed by atoms with E-state index < -0.39 is 0 Å². The quantitative estimate of drug-likeness (QED) is 0.695. The highest BCUT2D eigenvalue weighted by molar-refractivity contribution is 4.85. The van der Waals surface area contributed by atoms with Crippen molar-refractivity contribution in [2.24, 2.45) is 5.92 Å². The third-order valence-corrected chi connectivity index (χ3v) is 3.48. The van der Waals surface area contributed by atoms with Crippen molar-refractivity contribution in [1.29, 1.82) is 0 Å². The number of rotatable bonds is 2. The number of hydrogen-bond acceptors (Lipinski definition) is 2. The summed E-state index contributed by atoms with van der Waals surface area (Å²) in [4.78, 5) is 2.71. The van der Waals surface area contributed by atoms with Gasteiger partial charge in [-0.05, 0) is 64.7 Å². The lowest BCUT2D eigenvalue weighted by Crippen LogP contribution is -2.40. The first kappa shape index (κ1) is 9.47. The molecule has 1 N–H and O–H groups in total. The van der Waals surface area contributed by atoms with E-state index in [-0.39, 0.29) is 0 Å². The Morgan fingerprint density at radius 2 is 1.77 bits per heavy atom. The SMILES string of the molecule is CC(C1CC1)N1CCCNCCC1. The molecule has 1 heterocycles. The second kappa shape index (κ2) is 4.43. The van der Waals surface area contributed by atoms with Gasteiger partial charge in [0, 0.05) is 6.04 Å². The van der Waals surface area contributed by atoms with Crippen LogP contribution in [0.2, 0.25) is 0 Å². The van der Waals surface area contributed by atoms with Crippen LogP contribution in [0.4, 0.5) is 0 Å². The van der Waals surface area contributed by atoms with Gasteiger partial charge in [0.05, 0.1) is 0 Å². The van der Waals surface area contributed by atoms with Crippen molar-refractivity contribution >= 4 is 0 Å². The van der Waals surface area contributed by atoms with Crippen LogP contribution < -0.4 is 5.32 Å². The zero-order valence-electron chi connectivity index (χ0n) is 8.76. The topological polar surface area (TPSA) is 15.3 Å². The van der Waals surface area contributed by atoms with Gasteiger partial charge in [0.25, 0.3) is 0 Å². The molecular weight excluding hydrogens is 160 g/mol.